The van der Waals surface area contributed by atoms with Crippen LogP contribution in [0, 0.1) is 0 Å². The van der Waals surface area contributed by atoms with Crippen LogP contribution in [0.1, 0.15) is 26.4 Å². The smallest absolute Gasteiger partial charge is 0.336 e. The molecular weight excluding hydrogens is 462 g/mol. The summed E-state index contributed by atoms with van der Waals surface area (Å²) in [6.07, 6.45) is 0.100. The molecule has 4 aromatic rings. The fraction of sp³-hybridized carbons (Fsp3) is 0.111. The number of carboxylic acids is 1. The Hall–Kier alpha value is -4.92. The molecule has 0 saturated carbocycles. The molecule has 0 fully saturated rings. The third-order valence-corrected chi connectivity index (χ3v) is 5.68. The maximum absolute atomic E-state index is 13.0. The lowest BCUT2D eigenvalue weighted by Gasteiger charge is -2.17. The molecule has 36 heavy (non-hydrogen) atoms. The molecule has 3 aromatic carbocycles. The van der Waals surface area contributed by atoms with Crippen molar-refractivity contribution in [2.45, 2.75) is 12.5 Å². The minimum atomic E-state index is -1.22. The number of anilines is 1. The van der Waals surface area contributed by atoms with Crippen LogP contribution in [0.4, 0.5) is 5.69 Å². The summed E-state index contributed by atoms with van der Waals surface area (Å²) in [6.45, 7) is 0. The van der Waals surface area contributed by atoms with Crippen molar-refractivity contribution in [1.29, 1.82) is 0 Å². The van der Waals surface area contributed by atoms with Crippen molar-refractivity contribution in [3.63, 3.8) is 0 Å². The fourth-order valence-corrected chi connectivity index (χ4v) is 3.81. The number of aromatic carboxylic acids is 1. The number of methoxy groups -OCH3 is 1. The summed E-state index contributed by atoms with van der Waals surface area (Å²) in [5, 5.41) is 22.2. The van der Waals surface area contributed by atoms with Crippen molar-refractivity contribution in [1.82, 2.24) is 10.3 Å². The number of pyridine rings is 1. The Kier molecular flexibility index (Phi) is 6.82. The predicted octanol–water partition coefficient (Wildman–Crippen LogP) is 3.40. The van der Waals surface area contributed by atoms with Crippen LogP contribution in [0.15, 0.2) is 72.8 Å². The van der Waals surface area contributed by atoms with Crippen LogP contribution in [-0.4, -0.2) is 46.2 Å². The standard InChI is InChI=1S/C27H23N3O6/c1-36-27(35)24(12-15-2-9-19(31)10-3-15)30-25(32)23-14-21(26(33)34)20-13-17(6-11-22(20)29-23)16-4-7-18(28)8-5-16/h2-11,13-14,24,31H,12,28H2,1H3,(H,30,32)(H,33,34). The number of nitrogens with zero attached hydrogens (tertiary/aromatic N) is 1. The highest BCUT2D eigenvalue weighted by Gasteiger charge is 2.25. The van der Waals surface area contributed by atoms with Gasteiger partial charge in [-0.2, -0.15) is 0 Å². The molecule has 0 bridgehead atoms. The number of aromatic nitrogens is 1. The van der Waals surface area contributed by atoms with E-state index in [0.717, 1.165) is 11.1 Å². The summed E-state index contributed by atoms with van der Waals surface area (Å²) < 4.78 is 4.81. The molecule has 0 aliphatic heterocycles. The molecule has 182 valence electrons. The van der Waals surface area contributed by atoms with Crippen molar-refractivity contribution in [3.05, 3.63) is 89.6 Å². The number of hydrogen-bond donors (Lipinski definition) is 4. The maximum atomic E-state index is 13.0. The Bertz CT molecular complexity index is 1450. The number of carboxylic acid groups (broad SMARTS) is 1. The van der Waals surface area contributed by atoms with Gasteiger partial charge in [0.25, 0.3) is 5.91 Å². The predicted molar refractivity (Wildman–Crippen MR) is 134 cm³/mol. The Morgan fingerprint density at radius 3 is 2.28 bits per heavy atom. The first-order valence-electron chi connectivity index (χ1n) is 11.0. The summed E-state index contributed by atoms with van der Waals surface area (Å²) in [7, 11) is 1.20. The summed E-state index contributed by atoms with van der Waals surface area (Å²) >= 11 is 0. The first-order valence-corrected chi connectivity index (χ1v) is 11.0. The zero-order valence-corrected chi connectivity index (χ0v) is 19.3. The van der Waals surface area contributed by atoms with Gasteiger partial charge in [-0.25, -0.2) is 14.6 Å². The molecular formula is C27H23N3O6. The third-order valence-electron chi connectivity index (χ3n) is 5.68. The highest BCUT2D eigenvalue weighted by atomic mass is 16.5. The third kappa shape index (κ3) is 5.25. The number of rotatable bonds is 7. The number of phenolic OH excluding ortho intramolecular Hbond substituents is 1. The average molecular weight is 485 g/mol. The van der Waals surface area contributed by atoms with Gasteiger partial charge in [-0.1, -0.05) is 30.3 Å². The van der Waals surface area contributed by atoms with Gasteiger partial charge in [0.1, 0.15) is 17.5 Å². The lowest BCUT2D eigenvalue weighted by Crippen LogP contribution is -2.43. The molecule has 1 heterocycles. The summed E-state index contributed by atoms with van der Waals surface area (Å²) in [5.74, 6) is -2.56. The zero-order chi connectivity index (χ0) is 25.8. The molecule has 1 aromatic heterocycles. The second-order valence-corrected chi connectivity index (χ2v) is 8.13. The Labute approximate surface area is 206 Å². The largest absolute Gasteiger partial charge is 0.508 e. The quantitative estimate of drug-likeness (QED) is 0.230. The topological polar surface area (TPSA) is 152 Å². The van der Waals surface area contributed by atoms with E-state index >= 15 is 0 Å². The maximum Gasteiger partial charge on any atom is 0.336 e. The van der Waals surface area contributed by atoms with E-state index in [0.29, 0.717) is 22.2 Å². The van der Waals surface area contributed by atoms with Crippen molar-refractivity contribution in [2.75, 3.05) is 12.8 Å². The van der Waals surface area contributed by atoms with Crippen LogP contribution in [0.5, 0.6) is 5.75 Å². The molecule has 0 aliphatic carbocycles. The van der Waals surface area contributed by atoms with Crippen LogP contribution in [0.3, 0.4) is 0 Å². The fourth-order valence-electron chi connectivity index (χ4n) is 3.81. The lowest BCUT2D eigenvalue weighted by atomic mass is 10.00. The minimum Gasteiger partial charge on any atom is -0.508 e. The molecule has 1 unspecified atom stereocenters. The van der Waals surface area contributed by atoms with Crippen LogP contribution in [-0.2, 0) is 16.0 Å². The second kappa shape index (κ2) is 10.1. The first-order chi connectivity index (χ1) is 17.2. The van der Waals surface area contributed by atoms with E-state index in [9.17, 15) is 24.6 Å². The Morgan fingerprint density at radius 1 is 0.972 bits per heavy atom. The van der Waals surface area contributed by atoms with E-state index in [4.69, 9.17) is 10.5 Å². The number of carbonyl (C=O) groups is 3. The molecule has 9 nitrogen and oxygen atoms in total. The molecule has 0 spiro atoms. The van der Waals surface area contributed by atoms with Crippen LogP contribution in [0.2, 0.25) is 0 Å². The number of nitrogen functional groups attached to an aromatic ring is 1. The molecule has 4 rings (SSSR count). The number of benzene rings is 3. The second-order valence-electron chi connectivity index (χ2n) is 8.13. The van der Waals surface area contributed by atoms with Gasteiger partial charge in [0.2, 0.25) is 0 Å². The van der Waals surface area contributed by atoms with Gasteiger partial charge in [-0.15, -0.1) is 0 Å². The van der Waals surface area contributed by atoms with E-state index < -0.39 is 23.9 Å². The van der Waals surface area contributed by atoms with Crippen LogP contribution >= 0.6 is 0 Å². The lowest BCUT2D eigenvalue weighted by molar-refractivity contribution is -0.142. The summed E-state index contributed by atoms with van der Waals surface area (Å²) in [6, 6.07) is 18.6. The zero-order valence-electron chi connectivity index (χ0n) is 19.3. The van der Waals surface area contributed by atoms with E-state index in [1.54, 1.807) is 42.5 Å². The van der Waals surface area contributed by atoms with Gasteiger partial charge in [0.15, 0.2) is 0 Å². The van der Waals surface area contributed by atoms with Gasteiger partial charge in [-0.3, -0.25) is 4.79 Å². The van der Waals surface area contributed by atoms with Crippen LogP contribution in [0.25, 0.3) is 22.0 Å². The number of esters is 1. The number of carbonyl (C=O) groups excluding carboxylic acids is 2. The van der Waals surface area contributed by atoms with Crippen molar-refractivity contribution >= 4 is 34.4 Å². The van der Waals surface area contributed by atoms with E-state index in [1.165, 1.54) is 25.3 Å². The first kappa shape index (κ1) is 24.2. The van der Waals surface area contributed by atoms with E-state index in [2.05, 4.69) is 10.3 Å². The molecule has 5 N–H and O–H groups in total. The van der Waals surface area contributed by atoms with Crippen molar-refractivity contribution < 1.29 is 29.3 Å². The highest BCUT2D eigenvalue weighted by Crippen LogP contribution is 2.27. The molecule has 1 atom stereocenters. The minimum absolute atomic E-state index is 0.0681. The van der Waals surface area contributed by atoms with Gasteiger partial charge < -0.3 is 26.0 Å². The van der Waals surface area contributed by atoms with Gasteiger partial charge >= 0.3 is 11.9 Å². The monoisotopic (exact) mass is 485 g/mol. The molecule has 0 radical (unpaired) electrons. The Morgan fingerprint density at radius 2 is 1.64 bits per heavy atom. The SMILES string of the molecule is COC(=O)C(Cc1ccc(O)cc1)NC(=O)c1cc(C(=O)O)c2cc(-c3ccc(N)cc3)ccc2n1. The van der Waals surface area contributed by atoms with Crippen LogP contribution < -0.4 is 11.1 Å². The summed E-state index contributed by atoms with van der Waals surface area (Å²) in [5.41, 5.74) is 8.71. The number of aromatic hydroxyl groups is 1. The molecule has 1 amide bonds. The number of ether oxygens (including phenoxy) is 1. The number of fused-ring (bicyclic) bond motifs is 1. The number of nitrogens with two attached hydrogens (primary N) is 1. The van der Waals surface area contributed by atoms with Gasteiger partial charge in [0, 0.05) is 17.5 Å². The van der Waals surface area contributed by atoms with Crippen molar-refractivity contribution in [2.24, 2.45) is 0 Å². The van der Waals surface area contributed by atoms with Gasteiger partial charge in [0.05, 0.1) is 18.2 Å². The van der Waals surface area contributed by atoms with Crippen molar-refractivity contribution in [3.8, 4) is 16.9 Å². The number of nitrogens with one attached hydrogen (secondary N) is 1. The van der Waals surface area contributed by atoms with E-state index in [-0.39, 0.29) is 23.4 Å². The number of phenols is 1. The molecule has 0 aliphatic rings. The summed E-state index contributed by atoms with van der Waals surface area (Å²) in [4.78, 5) is 41.8. The molecule has 0 saturated heterocycles. The number of amides is 1. The number of hydrogen-bond acceptors (Lipinski definition) is 7. The Balaban J connectivity index is 1.66. The van der Waals surface area contributed by atoms with Gasteiger partial charge in [-0.05, 0) is 59.2 Å². The normalized spacial score (nSPS) is 11.6. The van der Waals surface area contributed by atoms with E-state index in [1.807, 2.05) is 12.1 Å². The average Bonchev–Trinajstić information content (AvgIpc) is 2.88. The highest BCUT2D eigenvalue weighted by molar-refractivity contribution is 6.07. The molecule has 9 heteroatoms.